The zero-order valence-corrected chi connectivity index (χ0v) is 60.4. The molecule has 21 heterocycles. The fourth-order valence-electron chi connectivity index (χ4n) is 14.8. The first kappa shape index (κ1) is 82.6. The van der Waals surface area contributed by atoms with Gasteiger partial charge < -0.3 is 161 Å². The molecule has 0 amide bonds. The van der Waals surface area contributed by atoms with E-state index in [0.29, 0.717) is 0 Å². The number of azide groups is 1. The van der Waals surface area contributed by atoms with Crippen LogP contribution in [0.3, 0.4) is 0 Å². The first-order chi connectivity index (χ1) is 48.2. The first-order valence-electron chi connectivity index (χ1n) is 32.7. The van der Waals surface area contributed by atoms with Gasteiger partial charge in [0.1, 0.15) is 165 Å². The van der Waals surface area contributed by atoms with Gasteiger partial charge in [0.05, 0.1) is 52.4 Å². The third-order valence-corrected chi connectivity index (χ3v) is 19.2. The molecule has 35 atom stereocenters. The molecule has 0 N–H and O–H groups in total. The summed E-state index contributed by atoms with van der Waals surface area (Å²) < 4.78 is 219. The number of rotatable bonds is 28. The maximum atomic E-state index is 10.3. The molecule has 0 aromatic carbocycles. The van der Waals surface area contributed by atoms with Crippen LogP contribution in [0.2, 0.25) is 0 Å². The fraction of sp³-hybridized carbons (Fsp3) is 1.00. The van der Waals surface area contributed by atoms with Gasteiger partial charge in [-0.3, -0.25) is 0 Å². The van der Waals surface area contributed by atoms with Crippen molar-refractivity contribution in [2.75, 3.05) is 188 Å². The average Bonchev–Trinajstić information content (AvgIpc) is 0.791. The lowest BCUT2D eigenvalue weighted by Gasteiger charge is -2.52. The lowest BCUT2D eigenvalue weighted by atomic mass is 9.94. The molecule has 0 aromatic rings. The summed E-state index contributed by atoms with van der Waals surface area (Å²) >= 11 is 0. The SMILES string of the molecule is COC[C@H]1O[C@@H]2O[C@H]3[C@H](OC)[C@@H](OC)[C@@H](O[C@H]4[C@H](OC)[C@@H](OC)[C@@H](O[C@H]5[C@H](OC)[C@@H](OC)[C@@H](O[C@H]6[C@H](OC)[C@@H](OC)[C@@H](O[C@H]7[C@H](OC)[C@@H](OC)[C@@H](O[C@H]8[C@H](OC)[C@@H](N=[N+]=[N-])[C@@H](O[C@H]1[C@H](OC)[C@H]2OC)O[C@@H]8COC)O[C@@H]7COC)O[C@@H]6COC)O[C@@H]5COC)O[C@@H]4COC)O[C@@H]3COC. The Morgan fingerprint density at radius 1 is 0.212 bits per heavy atom. The molecular formula is C62H109N3O34. The lowest BCUT2D eigenvalue weighted by Crippen LogP contribution is -2.69. The van der Waals surface area contributed by atoms with Gasteiger partial charge in [0.15, 0.2) is 44.0 Å². The smallest absolute Gasteiger partial charge is 0.187 e. The Morgan fingerprint density at radius 2 is 0.364 bits per heavy atom. The summed E-state index contributed by atoms with van der Waals surface area (Å²) in [6.45, 7) is -0.516. The Kier molecular flexibility index (Phi) is 33.9. The Hall–Kier alpha value is -2.05. The zero-order valence-electron chi connectivity index (χ0n) is 60.4. The molecule has 21 fully saturated rings. The fourth-order valence-corrected chi connectivity index (χ4v) is 14.8. The molecule has 21 aliphatic heterocycles. The van der Waals surface area contributed by atoms with Gasteiger partial charge in [-0.15, -0.1) is 0 Å². The van der Waals surface area contributed by atoms with Gasteiger partial charge in [-0.05, 0) is 5.53 Å². The highest BCUT2D eigenvalue weighted by Crippen LogP contribution is 2.43. The zero-order chi connectivity index (χ0) is 71.6. The third-order valence-electron chi connectivity index (χ3n) is 19.2. The first-order valence-corrected chi connectivity index (χ1v) is 32.7. The minimum atomic E-state index is -1.41. The van der Waals surface area contributed by atoms with Crippen molar-refractivity contribution >= 4 is 0 Å². The number of nitrogens with zero attached hydrogens (tertiary/aromatic N) is 3. The molecule has 37 nitrogen and oxygen atoms in total. The molecular weight excluding hydrogens is 1330 g/mol. The van der Waals surface area contributed by atoms with Gasteiger partial charge in [0.25, 0.3) is 0 Å². The van der Waals surface area contributed by atoms with Crippen molar-refractivity contribution in [3.63, 3.8) is 0 Å². The third kappa shape index (κ3) is 18.2. The van der Waals surface area contributed by atoms with Crippen LogP contribution < -0.4 is 0 Å². The summed E-state index contributed by atoms with van der Waals surface area (Å²) in [6.07, 6.45) is -36.6. The van der Waals surface area contributed by atoms with Crippen molar-refractivity contribution in [1.82, 2.24) is 0 Å². The standard InChI is InChI=1S/C62H109N3O34/c1-66-21-28-36-43(73-8)35(64-65-63)56(86-28)93-37-29(22-67-2)87-58(50(80-15)44(37)74-9)95-39-31(24-69-4)89-60(52(82-17)46(39)76-11)97-41-33(26-71-6)91-62(54(84-19)48(41)78-13)99-42-34(27-72-7)92-61(55(85-20)49(42)79-14)98-40-32(25-70-5)90-59(53(83-18)47(40)77-12)96-38-30(23-68-3)88-57(94-36)51(81-16)45(38)75-10/h28-62H,21-27H2,1-20H3/t28-,29-,30-,31-,32-,33-,34-,35-,36-,37-,38-,39-,40-,41-,42-,43-,44+,45+,46+,47+,48+,49+,50-,51-,52-,53-,54-,55-,56-,57-,58-,59-,60-,61-,62-/m1/s1. The highest BCUT2D eigenvalue weighted by molar-refractivity contribution is 5.05. The molecule has 0 spiro atoms. The Bertz CT molecular complexity index is 2330. The largest absolute Gasteiger partial charge is 0.382 e. The minimum absolute atomic E-state index is 0.0494. The summed E-state index contributed by atoms with van der Waals surface area (Å²) in [6, 6.07) is -1.29. The van der Waals surface area contributed by atoms with Crippen LogP contribution in [-0.4, -0.2) is 403 Å². The maximum absolute atomic E-state index is 10.3. The quantitative estimate of drug-likeness (QED) is 0.0524. The van der Waals surface area contributed by atoms with E-state index in [-0.39, 0.29) is 46.2 Å². The Labute approximate surface area is 578 Å². The van der Waals surface area contributed by atoms with Crippen molar-refractivity contribution in [2.45, 2.75) is 215 Å². The Balaban J connectivity index is 1.24. The van der Waals surface area contributed by atoms with Crippen LogP contribution in [0, 0.1) is 0 Å². The molecule has 21 saturated heterocycles. The molecule has 0 aromatic heterocycles. The van der Waals surface area contributed by atoms with Crippen LogP contribution in [0.25, 0.3) is 10.4 Å². The predicted octanol–water partition coefficient (Wildman–Crippen LogP) is -0.831. The predicted molar refractivity (Wildman–Crippen MR) is 331 cm³/mol. The van der Waals surface area contributed by atoms with E-state index in [1.54, 1.807) is 0 Å². The van der Waals surface area contributed by atoms with E-state index in [9.17, 15) is 5.53 Å². The molecule has 14 bridgehead atoms. The highest BCUT2D eigenvalue weighted by atomic mass is 16.8. The van der Waals surface area contributed by atoms with Gasteiger partial charge >= 0.3 is 0 Å². The molecule has 0 aliphatic carbocycles. The topological polar surface area (TPSA) is 363 Å². The molecule has 0 saturated carbocycles. The molecule has 576 valence electrons. The maximum Gasteiger partial charge on any atom is 0.187 e. The van der Waals surface area contributed by atoms with E-state index in [1.165, 1.54) is 142 Å². The highest BCUT2D eigenvalue weighted by Gasteiger charge is 2.62. The molecule has 0 unspecified atom stereocenters. The van der Waals surface area contributed by atoms with Crippen molar-refractivity contribution in [2.24, 2.45) is 5.11 Å². The van der Waals surface area contributed by atoms with E-state index in [2.05, 4.69) is 10.0 Å². The van der Waals surface area contributed by atoms with Crippen molar-refractivity contribution in [3.8, 4) is 0 Å². The van der Waals surface area contributed by atoms with Crippen molar-refractivity contribution < 1.29 is 161 Å². The second-order valence-corrected chi connectivity index (χ2v) is 24.5. The van der Waals surface area contributed by atoms with Crippen molar-refractivity contribution in [3.05, 3.63) is 10.4 Å². The van der Waals surface area contributed by atoms with E-state index >= 15 is 0 Å². The van der Waals surface area contributed by atoms with E-state index < -0.39 is 215 Å². The number of hydrogen-bond donors (Lipinski definition) is 0. The summed E-state index contributed by atoms with van der Waals surface area (Å²) in [7, 11) is 29.7. The van der Waals surface area contributed by atoms with E-state index in [4.69, 9.17) is 161 Å². The molecule has 0 radical (unpaired) electrons. The molecule has 21 aliphatic rings. The molecule has 99 heavy (non-hydrogen) atoms. The van der Waals surface area contributed by atoms with Crippen LogP contribution in [0.15, 0.2) is 5.11 Å². The van der Waals surface area contributed by atoms with Crippen LogP contribution in [-0.2, 0) is 161 Å². The van der Waals surface area contributed by atoms with Gasteiger partial charge in [-0.2, -0.15) is 0 Å². The molecule has 21 rings (SSSR count). The second kappa shape index (κ2) is 40.6. The van der Waals surface area contributed by atoms with Crippen LogP contribution in [0.4, 0.5) is 0 Å². The summed E-state index contributed by atoms with van der Waals surface area (Å²) in [5, 5.41) is 4.22. The van der Waals surface area contributed by atoms with Gasteiger partial charge in [0, 0.05) is 147 Å². The van der Waals surface area contributed by atoms with Gasteiger partial charge in [-0.1, -0.05) is 5.11 Å². The Morgan fingerprint density at radius 3 is 0.515 bits per heavy atom. The minimum Gasteiger partial charge on any atom is -0.382 e. The molecule has 37 heteroatoms. The van der Waals surface area contributed by atoms with E-state index in [1.807, 2.05) is 0 Å². The van der Waals surface area contributed by atoms with E-state index in [0.717, 1.165) is 0 Å². The van der Waals surface area contributed by atoms with Crippen LogP contribution in [0.1, 0.15) is 0 Å². The van der Waals surface area contributed by atoms with Crippen LogP contribution in [0.5, 0.6) is 0 Å². The van der Waals surface area contributed by atoms with Crippen molar-refractivity contribution in [1.29, 1.82) is 0 Å². The summed E-state index contributed by atoms with van der Waals surface area (Å²) in [4.78, 5) is 3.24. The number of methoxy groups -OCH3 is 20. The van der Waals surface area contributed by atoms with Gasteiger partial charge in [0.2, 0.25) is 0 Å². The average molecular weight is 1440 g/mol. The second-order valence-electron chi connectivity index (χ2n) is 24.5. The summed E-state index contributed by atoms with van der Waals surface area (Å²) in [5.74, 6) is 0. The van der Waals surface area contributed by atoms with Gasteiger partial charge in [-0.25, -0.2) is 0 Å². The number of hydrogen-bond acceptors (Lipinski definition) is 35. The monoisotopic (exact) mass is 1440 g/mol. The summed E-state index contributed by atoms with van der Waals surface area (Å²) in [5.41, 5.74) is 10.3. The lowest BCUT2D eigenvalue weighted by molar-refractivity contribution is -0.402. The number of ether oxygens (including phenoxy) is 34. The normalized spacial score (nSPS) is 45.6. The van der Waals surface area contributed by atoms with Crippen LogP contribution >= 0.6 is 0 Å².